The maximum absolute atomic E-state index is 10.9. The number of nitrogens with one attached hydrogen (secondary N) is 2. The van der Waals surface area contributed by atoms with Crippen molar-refractivity contribution in [2.45, 2.75) is 0 Å². The lowest BCUT2D eigenvalue weighted by Gasteiger charge is -1.88. The molecule has 4 rings (SSSR count). The maximum atomic E-state index is 10.9. The number of fused-ring (bicyclic) bond motifs is 2. The van der Waals surface area contributed by atoms with Crippen LogP contribution in [0.1, 0.15) is 41.4 Å². The van der Waals surface area contributed by atoms with E-state index in [0.29, 0.717) is 22.3 Å². The molecule has 0 fully saturated rings. The van der Waals surface area contributed by atoms with Gasteiger partial charge >= 0.3 is 11.9 Å². The van der Waals surface area contributed by atoms with Crippen molar-refractivity contribution in [1.82, 2.24) is 10.6 Å². The van der Waals surface area contributed by atoms with Crippen molar-refractivity contribution in [1.29, 1.82) is 0 Å². The number of rotatable bonds is 0. The fourth-order valence-electron chi connectivity index (χ4n) is 2.23. The average molecular weight is 384 g/mol. The first-order valence-electron chi connectivity index (χ1n) is 7.58. The van der Waals surface area contributed by atoms with Gasteiger partial charge in [-0.1, -0.05) is 24.3 Å². The second kappa shape index (κ2) is 8.36. The molecule has 0 atom stereocenters. The van der Waals surface area contributed by atoms with Gasteiger partial charge in [-0.2, -0.15) is 0 Å². The number of aliphatic carboxylic acids is 2. The van der Waals surface area contributed by atoms with Crippen LogP contribution >= 0.6 is 0 Å². The van der Waals surface area contributed by atoms with Crippen LogP contribution in [0.4, 0.5) is 0 Å². The molecule has 4 amide bonds. The van der Waals surface area contributed by atoms with Crippen molar-refractivity contribution in [3.05, 3.63) is 70.8 Å². The van der Waals surface area contributed by atoms with Crippen molar-refractivity contribution < 1.29 is 39.0 Å². The van der Waals surface area contributed by atoms with Gasteiger partial charge in [0.2, 0.25) is 0 Å². The summed E-state index contributed by atoms with van der Waals surface area (Å²) in [5, 5.41) is 19.2. The van der Waals surface area contributed by atoms with E-state index in [1.165, 1.54) is 0 Å². The van der Waals surface area contributed by atoms with Gasteiger partial charge in [-0.15, -0.1) is 0 Å². The van der Waals surface area contributed by atoms with Gasteiger partial charge in [0.05, 0.1) is 22.3 Å². The molecule has 10 nitrogen and oxygen atoms in total. The van der Waals surface area contributed by atoms with Crippen LogP contribution in [0.25, 0.3) is 0 Å². The van der Waals surface area contributed by atoms with E-state index in [9.17, 15) is 19.2 Å². The second-order valence-electron chi connectivity index (χ2n) is 5.27. The SMILES string of the molecule is O=C(O)C(=O)O.O=C1NC(=O)c2ccccc21.O=C1NC(=O)c2ccccc21. The lowest BCUT2D eigenvalue weighted by Crippen LogP contribution is -2.19. The highest BCUT2D eigenvalue weighted by Crippen LogP contribution is 2.14. The van der Waals surface area contributed by atoms with Gasteiger partial charge in [0, 0.05) is 0 Å². The summed E-state index contributed by atoms with van der Waals surface area (Å²) < 4.78 is 0. The van der Waals surface area contributed by atoms with Gasteiger partial charge in [-0.3, -0.25) is 29.8 Å². The Morgan fingerprint density at radius 3 is 0.929 bits per heavy atom. The Morgan fingerprint density at radius 2 is 0.750 bits per heavy atom. The van der Waals surface area contributed by atoms with E-state index in [0.717, 1.165) is 0 Å². The fourth-order valence-corrected chi connectivity index (χ4v) is 2.23. The van der Waals surface area contributed by atoms with Gasteiger partial charge in [0.1, 0.15) is 0 Å². The average Bonchev–Trinajstić information content (AvgIpc) is 3.13. The highest BCUT2D eigenvalue weighted by Gasteiger charge is 2.25. The fraction of sp³-hybridized carbons (Fsp3) is 0. The highest BCUT2D eigenvalue weighted by molar-refractivity contribution is 6.27. The number of carboxylic acids is 2. The molecule has 0 radical (unpaired) electrons. The van der Waals surface area contributed by atoms with Crippen LogP contribution in [0.15, 0.2) is 48.5 Å². The Bertz CT molecular complexity index is 865. The molecule has 10 heteroatoms. The molecule has 2 heterocycles. The van der Waals surface area contributed by atoms with Gasteiger partial charge in [-0.25, -0.2) is 9.59 Å². The van der Waals surface area contributed by atoms with E-state index < -0.39 is 11.9 Å². The predicted molar refractivity (Wildman–Crippen MR) is 91.7 cm³/mol. The van der Waals surface area contributed by atoms with Gasteiger partial charge in [0.15, 0.2) is 0 Å². The molecule has 2 aromatic carbocycles. The summed E-state index contributed by atoms with van der Waals surface area (Å²) in [5.74, 6) is -4.85. The standard InChI is InChI=1S/2C8H5NO2.C2H2O4/c2*10-7-5-3-1-2-4-6(5)8(11)9-7;3-1(4)2(5)6/h2*1-4H,(H,9,10,11);(H,3,4)(H,5,6). The van der Waals surface area contributed by atoms with Crippen LogP contribution in [-0.4, -0.2) is 45.8 Å². The van der Waals surface area contributed by atoms with Crippen molar-refractivity contribution in [2.24, 2.45) is 0 Å². The zero-order valence-corrected chi connectivity index (χ0v) is 14.0. The first-order valence-corrected chi connectivity index (χ1v) is 7.58. The molecule has 28 heavy (non-hydrogen) atoms. The molecular formula is C18H12N2O8. The molecule has 0 bridgehead atoms. The lowest BCUT2D eigenvalue weighted by atomic mass is 10.1. The van der Waals surface area contributed by atoms with Crippen LogP contribution in [-0.2, 0) is 9.59 Å². The van der Waals surface area contributed by atoms with Crippen LogP contribution in [0.3, 0.4) is 0 Å². The molecule has 0 saturated heterocycles. The minimum atomic E-state index is -1.82. The predicted octanol–water partition coefficient (Wildman–Crippen LogP) is 0.296. The number of imide groups is 2. The van der Waals surface area contributed by atoms with E-state index in [1.807, 2.05) is 0 Å². The highest BCUT2D eigenvalue weighted by atomic mass is 16.4. The minimum Gasteiger partial charge on any atom is -0.473 e. The summed E-state index contributed by atoms with van der Waals surface area (Å²) >= 11 is 0. The van der Waals surface area contributed by atoms with Crippen molar-refractivity contribution in [2.75, 3.05) is 0 Å². The monoisotopic (exact) mass is 384 g/mol. The Labute approximate surface area is 156 Å². The Morgan fingerprint density at radius 1 is 0.536 bits per heavy atom. The molecule has 2 aliphatic heterocycles. The summed E-state index contributed by atoms with van der Waals surface area (Å²) in [6, 6.07) is 13.5. The molecule has 4 N–H and O–H groups in total. The van der Waals surface area contributed by atoms with Crippen molar-refractivity contribution >= 4 is 35.6 Å². The third-order valence-electron chi connectivity index (χ3n) is 3.47. The third kappa shape index (κ3) is 4.43. The Balaban J connectivity index is 0.000000158. The van der Waals surface area contributed by atoms with Gasteiger partial charge < -0.3 is 10.2 Å². The van der Waals surface area contributed by atoms with Crippen molar-refractivity contribution in [3.8, 4) is 0 Å². The van der Waals surface area contributed by atoms with Crippen LogP contribution in [0.5, 0.6) is 0 Å². The van der Waals surface area contributed by atoms with E-state index in [1.54, 1.807) is 48.5 Å². The summed E-state index contributed by atoms with van der Waals surface area (Å²) in [4.78, 5) is 62.0. The maximum Gasteiger partial charge on any atom is 0.414 e. The molecule has 0 aromatic heterocycles. The zero-order valence-electron chi connectivity index (χ0n) is 14.0. The van der Waals surface area contributed by atoms with Crippen LogP contribution in [0.2, 0.25) is 0 Å². The Kier molecular flexibility index (Phi) is 5.96. The molecule has 142 valence electrons. The zero-order chi connectivity index (χ0) is 20.8. The molecule has 0 aliphatic carbocycles. The Hall–Kier alpha value is -4.34. The quantitative estimate of drug-likeness (QED) is 0.371. The number of hydrogen-bond acceptors (Lipinski definition) is 6. The molecular weight excluding hydrogens is 372 g/mol. The van der Waals surface area contributed by atoms with Crippen LogP contribution < -0.4 is 10.6 Å². The third-order valence-corrected chi connectivity index (χ3v) is 3.47. The second-order valence-corrected chi connectivity index (χ2v) is 5.27. The number of hydrogen-bond donors (Lipinski definition) is 4. The summed E-state index contributed by atoms with van der Waals surface area (Å²) in [5.41, 5.74) is 1.88. The van der Waals surface area contributed by atoms with E-state index in [2.05, 4.69) is 10.6 Å². The number of carbonyl (C=O) groups is 6. The molecule has 2 aliphatic rings. The van der Waals surface area contributed by atoms with E-state index >= 15 is 0 Å². The number of carboxylic acid groups (broad SMARTS) is 2. The molecule has 2 aromatic rings. The molecule has 0 spiro atoms. The topological polar surface area (TPSA) is 167 Å². The van der Waals surface area contributed by atoms with Crippen LogP contribution in [0, 0.1) is 0 Å². The summed E-state index contributed by atoms with van der Waals surface area (Å²) in [7, 11) is 0. The molecule has 0 unspecified atom stereocenters. The number of benzene rings is 2. The lowest BCUT2D eigenvalue weighted by molar-refractivity contribution is -0.159. The number of amides is 4. The summed E-state index contributed by atoms with van der Waals surface area (Å²) in [6.07, 6.45) is 0. The normalized spacial score (nSPS) is 13.0. The molecule has 0 saturated carbocycles. The smallest absolute Gasteiger partial charge is 0.414 e. The largest absolute Gasteiger partial charge is 0.473 e. The first kappa shape index (κ1) is 20.0. The van der Waals surface area contributed by atoms with Gasteiger partial charge in [-0.05, 0) is 24.3 Å². The number of carbonyl (C=O) groups excluding carboxylic acids is 4. The van der Waals surface area contributed by atoms with Gasteiger partial charge in [0.25, 0.3) is 23.6 Å². The van der Waals surface area contributed by atoms with Crippen molar-refractivity contribution in [3.63, 3.8) is 0 Å². The van der Waals surface area contributed by atoms with E-state index in [-0.39, 0.29) is 23.6 Å². The van der Waals surface area contributed by atoms with E-state index in [4.69, 9.17) is 19.8 Å². The summed E-state index contributed by atoms with van der Waals surface area (Å²) in [6.45, 7) is 0. The minimum absolute atomic E-state index is 0.300. The first-order chi connectivity index (χ1) is 13.2.